The van der Waals surface area contributed by atoms with Crippen LogP contribution in [0.4, 0.5) is 5.69 Å². The number of nitrogens with one attached hydrogen (secondary N) is 1. The van der Waals surface area contributed by atoms with Gasteiger partial charge in [-0.25, -0.2) is 8.42 Å². The second kappa shape index (κ2) is 16.1. The van der Waals surface area contributed by atoms with Gasteiger partial charge in [-0.05, 0) is 55.7 Å². The second-order valence-electron chi connectivity index (χ2n) is 11.4. The molecule has 4 rings (SSSR count). The predicted octanol–water partition coefficient (Wildman–Crippen LogP) is 5.76. The number of carbonyl (C=O) groups is 2. The molecule has 0 heterocycles. The highest BCUT2D eigenvalue weighted by Gasteiger charge is 2.35. The molecule has 0 aliphatic carbocycles. The van der Waals surface area contributed by atoms with Crippen molar-refractivity contribution in [1.82, 2.24) is 10.2 Å². The third-order valence-corrected chi connectivity index (χ3v) is 9.80. The van der Waals surface area contributed by atoms with E-state index >= 15 is 0 Å². The molecule has 0 unspecified atom stereocenters. The van der Waals surface area contributed by atoms with Crippen molar-refractivity contribution in [1.29, 1.82) is 0 Å². The first kappa shape index (κ1) is 35.0. The van der Waals surface area contributed by atoms with Crippen LogP contribution in [0.1, 0.15) is 37.0 Å². The quantitative estimate of drug-likeness (QED) is 0.174. The van der Waals surface area contributed by atoms with Crippen LogP contribution in [0, 0.1) is 6.92 Å². The molecular weight excluding hydrogens is 614 g/mol. The van der Waals surface area contributed by atoms with Crippen molar-refractivity contribution >= 4 is 27.5 Å². The number of aryl methyl sites for hydroxylation is 1. The number of nitrogens with zero attached hydrogens (tertiary/aromatic N) is 2. The van der Waals surface area contributed by atoms with E-state index in [1.54, 1.807) is 30.3 Å². The van der Waals surface area contributed by atoms with Crippen molar-refractivity contribution in [2.45, 2.75) is 57.1 Å². The number of hydrogen-bond acceptors (Lipinski definition) is 6. The van der Waals surface area contributed by atoms with Crippen LogP contribution in [0.2, 0.25) is 0 Å². The number of sulfonamides is 1. The third kappa shape index (κ3) is 8.92. The average molecular weight is 658 g/mol. The Balaban J connectivity index is 1.83. The summed E-state index contributed by atoms with van der Waals surface area (Å²) in [6.45, 7) is 5.38. The van der Waals surface area contributed by atoms with E-state index in [1.807, 2.05) is 75.4 Å². The van der Waals surface area contributed by atoms with Crippen LogP contribution in [0.25, 0.3) is 0 Å². The summed E-state index contributed by atoms with van der Waals surface area (Å²) >= 11 is 0. The van der Waals surface area contributed by atoms with Crippen molar-refractivity contribution in [3.05, 3.63) is 120 Å². The largest absolute Gasteiger partial charge is 0.493 e. The highest BCUT2D eigenvalue weighted by Crippen LogP contribution is 2.34. The molecule has 0 aliphatic heterocycles. The Hall–Kier alpha value is -4.83. The van der Waals surface area contributed by atoms with Gasteiger partial charge in [0.25, 0.3) is 10.0 Å². The van der Waals surface area contributed by atoms with Gasteiger partial charge in [0, 0.05) is 25.1 Å². The minimum atomic E-state index is -4.24. The lowest BCUT2D eigenvalue weighted by Crippen LogP contribution is -2.54. The number of rotatable bonds is 15. The molecule has 2 amide bonds. The van der Waals surface area contributed by atoms with Gasteiger partial charge in [-0.2, -0.15) is 0 Å². The summed E-state index contributed by atoms with van der Waals surface area (Å²) in [4.78, 5) is 30.1. The first-order valence-corrected chi connectivity index (χ1v) is 17.0. The fraction of sp³-hybridized carbons (Fsp3) is 0.297. The third-order valence-electron chi connectivity index (χ3n) is 8.01. The summed E-state index contributed by atoms with van der Waals surface area (Å²) in [6, 6.07) is 28.8. The van der Waals surface area contributed by atoms with Gasteiger partial charge in [0.1, 0.15) is 12.6 Å². The van der Waals surface area contributed by atoms with Gasteiger partial charge >= 0.3 is 0 Å². The van der Waals surface area contributed by atoms with Gasteiger partial charge < -0.3 is 19.7 Å². The SMILES string of the molecule is CC[C@H](C)NC(=O)[C@@H](Cc1ccccc1)N(Cc1ccc(C)cc1)C(=O)CN(c1ccc(OC)c(OC)c1)S(=O)(=O)c1ccccc1. The van der Waals surface area contributed by atoms with Crippen molar-refractivity contribution in [2.75, 3.05) is 25.1 Å². The minimum Gasteiger partial charge on any atom is -0.493 e. The normalized spacial score (nSPS) is 12.4. The van der Waals surface area contributed by atoms with Gasteiger partial charge in [-0.15, -0.1) is 0 Å². The molecule has 0 radical (unpaired) electrons. The predicted molar refractivity (Wildman–Crippen MR) is 184 cm³/mol. The molecule has 248 valence electrons. The molecule has 4 aromatic rings. The Morgan fingerprint density at radius 3 is 2.02 bits per heavy atom. The standard InChI is InChI=1S/C37H43N3O6S/c1-6-28(3)38-37(42)33(23-29-13-9-7-10-14-29)39(25-30-19-17-27(2)18-20-30)36(41)26-40(47(43,44)32-15-11-8-12-16-32)31-21-22-34(45-4)35(24-31)46-5/h7-22,24,28,33H,6,23,25-26H2,1-5H3,(H,38,42)/t28-,33+/m0/s1. The summed E-state index contributed by atoms with van der Waals surface area (Å²) in [6.07, 6.45) is 0.945. The van der Waals surface area contributed by atoms with E-state index in [-0.39, 0.29) is 35.5 Å². The average Bonchev–Trinajstić information content (AvgIpc) is 3.09. The first-order chi connectivity index (χ1) is 22.6. The first-order valence-electron chi connectivity index (χ1n) is 15.6. The lowest BCUT2D eigenvalue weighted by molar-refractivity contribution is -0.140. The Labute approximate surface area is 278 Å². The van der Waals surface area contributed by atoms with Crippen LogP contribution in [0.5, 0.6) is 11.5 Å². The number of amides is 2. The Bertz CT molecular complexity index is 1730. The molecule has 0 saturated heterocycles. The Morgan fingerprint density at radius 2 is 1.43 bits per heavy atom. The molecule has 0 saturated carbocycles. The van der Waals surface area contributed by atoms with E-state index in [9.17, 15) is 18.0 Å². The van der Waals surface area contributed by atoms with Crippen molar-refractivity contribution in [3.63, 3.8) is 0 Å². The van der Waals surface area contributed by atoms with Crippen molar-refractivity contribution in [2.24, 2.45) is 0 Å². The zero-order valence-electron chi connectivity index (χ0n) is 27.6. The van der Waals surface area contributed by atoms with E-state index in [0.717, 1.165) is 21.0 Å². The zero-order chi connectivity index (χ0) is 34.0. The summed E-state index contributed by atoms with van der Waals surface area (Å²) in [7, 11) is -1.30. The maximum atomic E-state index is 14.6. The maximum absolute atomic E-state index is 14.6. The van der Waals surface area contributed by atoms with Crippen molar-refractivity contribution in [3.8, 4) is 11.5 Å². The van der Waals surface area contributed by atoms with E-state index in [2.05, 4.69) is 5.32 Å². The fourth-order valence-electron chi connectivity index (χ4n) is 5.11. The zero-order valence-corrected chi connectivity index (χ0v) is 28.4. The van der Waals surface area contributed by atoms with Gasteiger partial charge in [0.2, 0.25) is 11.8 Å². The molecule has 0 fully saturated rings. The highest BCUT2D eigenvalue weighted by atomic mass is 32.2. The molecule has 9 nitrogen and oxygen atoms in total. The topological polar surface area (TPSA) is 105 Å². The van der Waals surface area contributed by atoms with Crippen LogP contribution >= 0.6 is 0 Å². The van der Waals surface area contributed by atoms with Crippen LogP contribution in [-0.4, -0.2) is 58.0 Å². The van der Waals surface area contributed by atoms with Crippen molar-refractivity contribution < 1.29 is 27.5 Å². The number of benzene rings is 4. The van der Waals surface area contributed by atoms with E-state index in [1.165, 1.54) is 37.3 Å². The molecule has 0 aliphatic rings. The highest BCUT2D eigenvalue weighted by molar-refractivity contribution is 7.92. The van der Waals surface area contributed by atoms with E-state index < -0.39 is 28.5 Å². The van der Waals surface area contributed by atoms with E-state index in [4.69, 9.17) is 9.47 Å². The summed E-state index contributed by atoms with van der Waals surface area (Å²) in [5.41, 5.74) is 2.93. The molecular formula is C37H43N3O6S. The minimum absolute atomic E-state index is 0.0167. The fourth-order valence-corrected chi connectivity index (χ4v) is 6.54. The number of hydrogen-bond donors (Lipinski definition) is 1. The van der Waals surface area contributed by atoms with Gasteiger partial charge in [0.05, 0.1) is 24.8 Å². The lowest BCUT2D eigenvalue weighted by Gasteiger charge is -2.34. The molecule has 10 heteroatoms. The van der Waals surface area contributed by atoms with E-state index in [0.29, 0.717) is 17.9 Å². The number of anilines is 1. The molecule has 0 bridgehead atoms. The number of carbonyl (C=O) groups excluding carboxylic acids is 2. The molecule has 0 aromatic heterocycles. The van der Waals surface area contributed by atoms with Crippen LogP contribution in [0.15, 0.2) is 108 Å². The summed E-state index contributed by atoms with van der Waals surface area (Å²) in [5, 5.41) is 3.05. The molecule has 2 atom stereocenters. The summed E-state index contributed by atoms with van der Waals surface area (Å²) < 4.78 is 40.4. The number of methoxy groups -OCH3 is 2. The molecule has 4 aromatic carbocycles. The summed E-state index contributed by atoms with van der Waals surface area (Å²) in [5.74, 6) is -0.144. The molecule has 47 heavy (non-hydrogen) atoms. The molecule has 0 spiro atoms. The Morgan fingerprint density at radius 1 is 0.809 bits per heavy atom. The van der Waals surface area contributed by atoms with Gasteiger partial charge in [0.15, 0.2) is 11.5 Å². The number of ether oxygens (including phenoxy) is 2. The molecule has 1 N–H and O–H groups in total. The van der Waals surface area contributed by atoms with Crippen LogP contribution in [0.3, 0.4) is 0 Å². The monoisotopic (exact) mass is 657 g/mol. The van der Waals surface area contributed by atoms with Crippen LogP contribution in [-0.2, 0) is 32.6 Å². The second-order valence-corrected chi connectivity index (χ2v) is 13.3. The van der Waals surface area contributed by atoms with Gasteiger partial charge in [-0.3, -0.25) is 13.9 Å². The Kier molecular flexibility index (Phi) is 12.0. The maximum Gasteiger partial charge on any atom is 0.264 e. The smallest absolute Gasteiger partial charge is 0.264 e. The lowest BCUT2D eigenvalue weighted by atomic mass is 10.0. The van der Waals surface area contributed by atoms with Gasteiger partial charge in [-0.1, -0.05) is 85.3 Å². The van der Waals surface area contributed by atoms with Crippen LogP contribution < -0.4 is 19.1 Å².